The molecule has 6 nitrogen and oxygen atoms in total. The van der Waals surface area contributed by atoms with Crippen LogP contribution in [0.15, 0.2) is 64.1 Å². The summed E-state index contributed by atoms with van der Waals surface area (Å²) in [6.07, 6.45) is 7.28. The van der Waals surface area contributed by atoms with Gasteiger partial charge < -0.3 is 5.32 Å². The van der Waals surface area contributed by atoms with Crippen molar-refractivity contribution >= 4 is 23.8 Å². The molecule has 0 aromatic heterocycles. The number of carbonyl (C=O) groups is 1. The summed E-state index contributed by atoms with van der Waals surface area (Å²) in [7, 11) is 0. The molecule has 0 unspecified atom stereocenters. The molecule has 0 aliphatic heterocycles. The Morgan fingerprint density at radius 2 is 1.81 bits per heavy atom. The summed E-state index contributed by atoms with van der Waals surface area (Å²) < 4.78 is 0. The van der Waals surface area contributed by atoms with E-state index in [4.69, 9.17) is 0 Å². The fourth-order valence-electron chi connectivity index (χ4n) is 1.86. The maximum absolute atomic E-state index is 12.0. The van der Waals surface area contributed by atoms with Crippen LogP contribution < -0.4 is 5.32 Å². The Hall–Kier alpha value is -3.07. The van der Waals surface area contributed by atoms with E-state index >= 15 is 0 Å². The van der Waals surface area contributed by atoms with Gasteiger partial charge in [-0.1, -0.05) is 24.3 Å². The van der Waals surface area contributed by atoms with Crippen molar-refractivity contribution in [1.29, 1.82) is 0 Å². The lowest BCUT2D eigenvalue weighted by Gasteiger charge is -2.20. The van der Waals surface area contributed by atoms with Gasteiger partial charge in [-0.05, 0) is 24.3 Å². The zero-order chi connectivity index (χ0) is 15.1. The Morgan fingerprint density at radius 1 is 1.14 bits per heavy atom. The van der Waals surface area contributed by atoms with Crippen LogP contribution in [-0.2, 0) is 14.4 Å². The first-order valence-electron chi connectivity index (χ1n) is 6.13. The van der Waals surface area contributed by atoms with Gasteiger partial charge in [-0.2, -0.15) is 9.98 Å². The number of aliphatic imine (C=N–C) groups is 2. The maximum atomic E-state index is 12.0. The molecule has 0 spiro atoms. The molecule has 104 valence electrons. The third kappa shape index (κ3) is 3.48. The molecule has 0 fully saturated rings. The minimum Gasteiger partial charge on any atom is -0.322 e. The molecule has 0 heterocycles. The lowest BCUT2D eigenvalue weighted by atomic mass is 9.97. The van der Waals surface area contributed by atoms with Gasteiger partial charge in [0, 0.05) is 17.7 Å². The maximum Gasteiger partial charge on any atom is 0.255 e. The summed E-state index contributed by atoms with van der Waals surface area (Å²) in [4.78, 5) is 39.8. The Balaban J connectivity index is 2.13. The van der Waals surface area contributed by atoms with Gasteiger partial charge in [0.2, 0.25) is 12.2 Å². The molecule has 1 N–H and O–H groups in total. The van der Waals surface area contributed by atoms with Crippen molar-refractivity contribution in [1.82, 2.24) is 0 Å². The highest BCUT2D eigenvalue weighted by Crippen LogP contribution is 2.26. The third-order valence-electron chi connectivity index (χ3n) is 2.92. The highest BCUT2D eigenvalue weighted by atomic mass is 16.1. The fourth-order valence-corrected chi connectivity index (χ4v) is 1.86. The van der Waals surface area contributed by atoms with E-state index in [1.807, 2.05) is 18.2 Å². The summed E-state index contributed by atoms with van der Waals surface area (Å²) in [5.74, 6) is -0.295. The van der Waals surface area contributed by atoms with Gasteiger partial charge in [-0.15, -0.1) is 0 Å². The van der Waals surface area contributed by atoms with Crippen LogP contribution >= 0.6 is 0 Å². The van der Waals surface area contributed by atoms with Crippen LogP contribution in [0.1, 0.15) is 6.42 Å². The number of nitrogens with one attached hydrogen (secondary N) is 1. The molecule has 0 atom stereocenters. The van der Waals surface area contributed by atoms with Crippen molar-refractivity contribution in [3.05, 3.63) is 54.1 Å². The molecule has 0 saturated carbocycles. The zero-order valence-corrected chi connectivity index (χ0v) is 10.9. The second-order valence-electron chi connectivity index (χ2n) is 4.30. The predicted octanol–water partition coefficient (Wildman–Crippen LogP) is 1.88. The first-order chi connectivity index (χ1) is 10.2. The van der Waals surface area contributed by atoms with E-state index in [1.54, 1.807) is 18.2 Å². The van der Waals surface area contributed by atoms with Crippen molar-refractivity contribution in [2.24, 2.45) is 9.98 Å². The number of benzene rings is 1. The van der Waals surface area contributed by atoms with Crippen molar-refractivity contribution in [3.8, 4) is 0 Å². The normalized spacial score (nSPS) is 19.7. The van der Waals surface area contributed by atoms with Gasteiger partial charge in [-0.3, -0.25) is 4.79 Å². The summed E-state index contributed by atoms with van der Waals surface area (Å²) in [5.41, 5.74) is -0.262. The molecule has 6 heteroatoms. The topological polar surface area (TPSA) is 88.0 Å². The van der Waals surface area contributed by atoms with Crippen LogP contribution in [0.2, 0.25) is 0 Å². The zero-order valence-electron chi connectivity index (χ0n) is 10.9. The summed E-state index contributed by atoms with van der Waals surface area (Å²) >= 11 is 0. The van der Waals surface area contributed by atoms with Crippen LogP contribution in [-0.4, -0.2) is 23.7 Å². The van der Waals surface area contributed by atoms with E-state index in [0.717, 1.165) is 0 Å². The number of rotatable bonds is 4. The number of amides is 1. The molecule has 1 aliphatic rings. The van der Waals surface area contributed by atoms with E-state index in [1.165, 1.54) is 24.3 Å². The standard InChI is InChI=1S/C15H11N3O3/c19-10-16-15(17-11-20)8-6-12(7-9-15)14(21)18-13-4-2-1-3-5-13/h1-8H,9H2,(H,18,21). The molecule has 1 amide bonds. The summed E-state index contributed by atoms with van der Waals surface area (Å²) in [5, 5.41) is 2.73. The Bertz CT molecular complexity index is 676. The minimum atomic E-state index is -1.33. The highest BCUT2D eigenvalue weighted by molar-refractivity contribution is 6.05. The van der Waals surface area contributed by atoms with Gasteiger partial charge in [-0.25, -0.2) is 9.59 Å². The van der Waals surface area contributed by atoms with E-state index in [-0.39, 0.29) is 12.3 Å². The number of anilines is 1. The molecule has 0 radical (unpaired) electrons. The molecule has 0 saturated heterocycles. The Morgan fingerprint density at radius 3 is 2.33 bits per heavy atom. The highest BCUT2D eigenvalue weighted by Gasteiger charge is 2.28. The van der Waals surface area contributed by atoms with E-state index in [0.29, 0.717) is 11.3 Å². The Kier molecular flexibility index (Phi) is 4.36. The monoisotopic (exact) mass is 281 g/mol. The van der Waals surface area contributed by atoms with E-state index in [9.17, 15) is 14.4 Å². The molecule has 1 aliphatic carbocycles. The number of hydrogen-bond donors (Lipinski definition) is 1. The smallest absolute Gasteiger partial charge is 0.255 e. The van der Waals surface area contributed by atoms with Gasteiger partial charge in [0.25, 0.3) is 5.91 Å². The van der Waals surface area contributed by atoms with Crippen molar-refractivity contribution in [2.75, 3.05) is 5.32 Å². The predicted molar refractivity (Wildman–Crippen MR) is 75.9 cm³/mol. The number of para-hydroxylation sites is 1. The van der Waals surface area contributed by atoms with Crippen LogP contribution in [0.5, 0.6) is 0 Å². The molecule has 2 rings (SSSR count). The summed E-state index contributed by atoms with van der Waals surface area (Å²) in [6, 6.07) is 9.00. The lowest BCUT2D eigenvalue weighted by Crippen LogP contribution is -2.24. The number of carbonyl (C=O) groups excluding carboxylic acids is 3. The third-order valence-corrected chi connectivity index (χ3v) is 2.92. The molecule has 21 heavy (non-hydrogen) atoms. The number of hydrogen-bond acceptors (Lipinski definition) is 5. The second kappa shape index (κ2) is 6.39. The fraction of sp³-hybridized carbons (Fsp3) is 0.133. The summed E-state index contributed by atoms with van der Waals surface area (Å²) in [6.45, 7) is 0. The van der Waals surface area contributed by atoms with Gasteiger partial charge >= 0.3 is 0 Å². The molecule has 1 aromatic carbocycles. The number of isocyanates is 2. The molecular weight excluding hydrogens is 270 g/mol. The van der Waals surface area contributed by atoms with Gasteiger partial charge in [0.15, 0.2) is 5.66 Å². The van der Waals surface area contributed by atoms with Crippen molar-refractivity contribution in [2.45, 2.75) is 12.1 Å². The van der Waals surface area contributed by atoms with Crippen molar-refractivity contribution < 1.29 is 14.4 Å². The second-order valence-corrected chi connectivity index (χ2v) is 4.30. The number of nitrogens with zero attached hydrogens (tertiary/aromatic N) is 2. The first kappa shape index (κ1) is 14.3. The molecular formula is C15H11N3O3. The van der Waals surface area contributed by atoms with Gasteiger partial charge in [0.05, 0.1) is 0 Å². The SMILES string of the molecule is O=C=NC1(N=C=O)C=CC(C(=O)Nc2ccccc2)=CC1. The van der Waals surface area contributed by atoms with Gasteiger partial charge in [0.1, 0.15) is 0 Å². The first-order valence-corrected chi connectivity index (χ1v) is 6.13. The van der Waals surface area contributed by atoms with Crippen molar-refractivity contribution in [3.63, 3.8) is 0 Å². The molecule has 1 aromatic rings. The lowest BCUT2D eigenvalue weighted by molar-refractivity contribution is -0.112. The van der Waals surface area contributed by atoms with Crippen LogP contribution in [0.3, 0.4) is 0 Å². The Labute approximate surface area is 120 Å². The van der Waals surface area contributed by atoms with E-state index < -0.39 is 5.66 Å². The quantitative estimate of drug-likeness (QED) is 0.675. The van der Waals surface area contributed by atoms with Crippen LogP contribution in [0.25, 0.3) is 0 Å². The van der Waals surface area contributed by atoms with Crippen LogP contribution in [0, 0.1) is 0 Å². The van der Waals surface area contributed by atoms with E-state index in [2.05, 4.69) is 15.3 Å². The molecule has 0 bridgehead atoms. The average molecular weight is 281 g/mol. The average Bonchev–Trinajstić information content (AvgIpc) is 2.49. The largest absolute Gasteiger partial charge is 0.322 e. The minimum absolute atomic E-state index is 0.117. The van der Waals surface area contributed by atoms with Crippen LogP contribution in [0.4, 0.5) is 5.69 Å².